The van der Waals surface area contributed by atoms with Gasteiger partial charge < -0.3 is 15.2 Å². The van der Waals surface area contributed by atoms with Gasteiger partial charge in [0.15, 0.2) is 11.5 Å². The van der Waals surface area contributed by atoms with Crippen molar-refractivity contribution < 1.29 is 14.6 Å². The molecule has 0 aliphatic heterocycles. The van der Waals surface area contributed by atoms with Crippen LogP contribution in [0.25, 0.3) is 17.0 Å². The maximum Gasteiger partial charge on any atom is 0.259 e. The highest BCUT2D eigenvalue weighted by atomic mass is 35.5. The molecular weight excluding hydrogens is 380 g/mol. The van der Waals surface area contributed by atoms with Crippen molar-refractivity contribution in [3.8, 4) is 22.9 Å². The Balaban J connectivity index is 1.70. The Labute approximate surface area is 165 Å². The predicted molar refractivity (Wildman–Crippen MR) is 106 cm³/mol. The van der Waals surface area contributed by atoms with E-state index in [0.717, 1.165) is 11.3 Å². The van der Waals surface area contributed by atoms with Crippen molar-refractivity contribution in [2.24, 2.45) is 0 Å². The lowest BCUT2D eigenvalue weighted by atomic mass is 10.2. The first-order valence-electron chi connectivity index (χ1n) is 8.35. The summed E-state index contributed by atoms with van der Waals surface area (Å²) in [5, 5.41) is 21.4. The lowest BCUT2D eigenvalue weighted by Gasteiger charge is -2.08. The fraction of sp³-hybridized carbons (Fsp3) is 0.0500. The number of carbonyl (C=O) groups excluding carboxylic acids is 1. The summed E-state index contributed by atoms with van der Waals surface area (Å²) in [6, 6.07) is 15.2. The minimum atomic E-state index is -0.420. The molecule has 0 spiro atoms. The molecule has 0 aliphatic carbocycles. The molecule has 28 heavy (non-hydrogen) atoms. The van der Waals surface area contributed by atoms with Gasteiger partial charge in [0, 0.05) is 22.8 Å². The second-order valence-corrected chi connectivity index (χ2v) is 6.42. The van der Waals surface area contributed by atoms with E-state index in [-0.39, 0.29) is 11.4 Å². The summed E-state index contributed by atoms with van der Waals surface area (Å²) in [5.74, 6) is 0.798. The van der Waals surface area contributed by atoms with E-state index in [1.807, 2.05) is 24.3 Å². The molecule has 1 amide bonds. The first kappa shape index (κ1) is 17.8. The Morgan fingerprint density at radius 1 is 1.14 bits per heavy atom. The van der Waals surface area contributed by atoms with Gasteiger partial charge in [-0.05, 0) is 48.5 Å². The van der Waals surface area contributed by atoms with Crippen LogP contribution < -0.4 is 10.1 Å². The molecule has 140 valence electrons. The summed E-state index contributed by atoms with van der Waals surface area (Å²) in [6.45, 7) is 0. The highest BCUT2D eigenvalue weighted by Gasteiger charge is 2.17. The second-order valence-electron chi connectivity index (χ2n) is 5.98. The van der Waals surface area contributed by atoms with E-state index in [0.29, 0.717) is 22.1 Å². The minimum Gasteiger partial charge on any atom is -0.506 e. The fourth-order valence-electron chi connectivity index (χ4n) is 2.83. The van der Waals surface area contributed by atoms with Gasteiger partial charge in [-0.3, -0.25) is 9.20 Å². The number of methoxy groups -OCH3 is 1. The number of amides is 1. The number of carbonyl (C=O) groups is 1. The van der Waals surface area contributed by atoms with Crippen molar-refractivity contribution >= 4 is 28.8 Å². The number of pyridine rings is 1. The fourth-order valence-corrected chi connectivity index (χ4v) is 3.00. The Morgan fingerprint density at radius 3 is 2.64 bits per heavy atom. The summed E-state index contributed by atoms with van der Waals surface area (Å²) in [5.41, 5.74) is 1.82. The van der Waals surface area contributed by atoms with Crippen molar-refractivity contribution in [2.45, 2.75) is 0 Å². The van der Waals surface area contributed by atoms with E-state index in [1.165, 1.54) is 12.1 Å². The maximum atomic E-state index is 12.7. The molecule has 0 bridgehead atoms. The number of aromatic hydroxyl groups is 1. The molecule has 4 rings (SSSR count). The van der Waals surface area contributed by atoms with Crippen LogP contribution >= 0.6 is 11.6 Å². The minimum absolute atomic E-state index is 0.117. The van der Waals surface area contributed by atoms with Gasteiger partial charge in [-0.1, -0.05) is 11.6 Å². The number of phenolic OH excluding ortho intramolecular Hbond substituents is 1. The zero-order valence-electron chi connectivity index (χ0n) is 14.8. The van der Waals surface area contributed by atoms with Crippen LogP contribution in [0.15, 0.2) is 60.8 Å². The van der Waals surface area contributed by atoms with Gasteiger partial charge in [0.05, 0.1) is 18.4 Å². The van der Waals surface area contributed by atoms with Crippen molar-refractivity contribution in [1.82, 2.24) is 14.6 Å². The van der Waals surface area contributed by atoms with E-state index >= 15 is 0 Å². The molecule has 2 aromatic heterocycles. The Bertz CT molecular complexity index is 1170. The van der Waals surface area contributed by atoms with E-state index in [4.69, 9.17) is 16.3 Å². The van der Waals surface area contributed by atoms with Crippen molar-refractivity contribution in [3.63, 3.8) is 0 Å². The van der Waals surface area contributed by atoms with E-state index < -0.39 is 5.91 Å². The summed E-state index contributed by atoms with van der Waals surface area (Å²) in [6.07, 6.45) is 1.78. The van der Waals surface area contributed by atoms with Crippen molar-refractivity contribution in [2.75, 3.05) is 12.4 Å². The number of hydrogen-bond acceptors (Lipinski definition) is 5. The van der Waals surface area contributed by atoms with Crippen LogP contribution in [0.5, 0.6) is 11.5 Å². The highest BCUT2D eigenvalue weighted by molar-refractivity contribution is 6.30. The summed E-state index contributed by atoms with van der Waals surface area (Å²) in [7, 11) is 1.60. The number of anilines is 1. The van der Waals surface area contributed by atoms with E-state index in [9.17, 15) is 9.90 Å². The smallest absolute Gasteiger partial charge is 0.259 e. The van der Waals surface area contributed by atoms with Crippen molar-refractivity contribution in [1.29, 1.82) is 0 Å². The number of rotatable bonds is 4. The molecule has 0 saturated carbocycles. The van der Waals surface area contributed by atoms with E-state index in [2.05, 4.69) is 15.5 Å². The Hall–Kier alpha value is -3.58. The first-order chi connectivity index (χ1) is 13.6. The van der Waals surface area contributed by atoms with Crippen LogP contribution in [0.3, 0.4) is 0 Å². The number of fused-ring (bicyclic) bond motifs is 1. The highest BCUT2D eigenvalue weighted by Crippen LogP contribution is 2.28. The molecule has 0 atom stereocenters. The number of halogens is 1. The molecule has 0 saturated heterocycles. The van der Waals surface area contributed by atoms with Crippen molar-refractivity contribution in [3.05, 3.63) is 71.4 Å². The lowest BCUT2D eigenvalue weighted by Crippen LogP contribution is -2.13. The van der Waals surface area contributed by atoms with Gasteiger partial charge in [-0.15, -0.1) is 10.2 Å². The number of phenols is 1. The second kappa shape index (κ2) is 7.21. The van der Waals surface area contributed by atoms with Gasteiger partial charge in [-0.2, -0.15) is 0 Å². The number of nitrogens with one attached hydrogen (secondary N) is 1. The molecule has 8 heteroatoms. The third-order valence-corrected chi connectivity index (χ3v) is 4.47. The normalized spacial score (nSPS) is 10.8. The standard InChI is InChI=1S/C20H15ClN4O3/c1-28-14-7-4-12(5-8-14)18-23-24-19-15(3-2-10-25(18)19)20(27)22-16-9-6-13(21)11-17(16)26/h2-11,26H,1H3,(H,22,27). The summed E-state index contributed by atoms with van der Waals surface area (Å²) < 4.78 is 6.91. The number of ether oxygens (including phenoxy) is 1. The topological polar surface area (TPSA) is 88.8 Å². The largest absolute Gasteiger partial charge is 0.506 e. The zero-order valence-corrected chi connectivity index (χ0v) is 15.5. The first-order valence-corrected chi connectivity index (χ1v) is 8.72. The number of hydrogen-bond donors (Lipinski definition) is 2. The third kappa shape index (κ3) is 3.23. The predicted octanol–water partition coefficient (Wildman–Crippen LogP) is 4.02. The van der Waals surface area contributed by atoms with Crippen LogP contribution in [0.4, 0.5) is 5.69 Å². The molecule has 0 unspecified atom stereocenters. The van der Waals surface area contributed by atoms with E-state index in [1.54, 1.807) is 35.9 Å². The molecule has 7 nitrogen and oxygen atoms in total. The summed E-state index contributed by atoms with van der Waals surface area (Å²) in [4.78, 5) is 12.7. The molecule has 0 fully saturated rings. The molecule has 2 N–H and O–H groups in total. The maximum absolute atomic E-state index is 12.7. The van der Waals surface area contributed by atoms with Gasteiger partial charge >= 0.3 is 0 Å². The molecule has 4 aromatic rings. The average molecular weight is 395 g/mol. The third-order valence-electron chi connectivity index (χ3n) is 4.24. The Morgan fingerprint density at radius 2 is 1.93 bits per heavy atom. The van der Waals surface area contributed by atoms with Gasteiger partial charge in [0.2, 0.25) is 0 Å². The SMILES string of the molecule is COc1ccc(-c2nnc3c(C(=O)Nc4ccc(Cl)cc4O)cccn23)cc1. The Kier molecular flexibility index (Phi) is 4.58. The van der Waals surface area contributed by atoms with Crippen LogP contribution in [-0.4, -0.2) is 32.7 Å². The molecule has 2 aromatic carbocycles. The van der Waals surface area contributed by atoms with Crippen LogP contribution in [-0.2, 0) is 0 Å². The number of aromatic nitrogens is 3. The number of nitrogens with zero attached hydrogens (tertiary/aromatic N) is 3. The molecule has 0 radical (unpaired) electrons. The molecule has 0 aliphatic rings. The monoisotopic (exact) mass is 394 g/mol. The molecule has 2 heterocycles. The average Bonchev–Trinajstić information content (AvgIpc) is 3.14. The quantitative estimate of drug-likeness (QED) is 0.510. The van der Waals surface area contributed by atoms with Gasteiger partial charge in [0.1, 0.15) is 11.5 Å². The van der Waals surface area contributed by atoms with Gasteiger partial charge in [0.25, 0.3) is 5.91 Å². The lowest BCUT2D eigenvalue weighted by molar-refractivity contribution is 0.102. The molecular formula is C20H15ClN4O3. The van der Waals surface area contributed by atoms with Gasteiger partial charge in [-0.25, -0.2) is 0 Å². The summed E-state index contributed by atoms with van der Waals surface area (Å²) >= 11 is 5.83. The number of benzene rings is 2. The van der Waals surface area contributed by atoms with Crippen LogP contribution in [0.2, 0.25) is 5.02 Å². The van der Waals surface area contributed by atoms with Crippen LogP contribution in [0.1, 0.15) is 10.4 Å². The zero-order chi connectivity index (χ0) is 19.7. The van der Waals surface area contributed by atoms with Crippen LogP contribution in [0, 0.1) is 0 Å².